The maximum Gasteiger partial charge on any atom is 0.142 e. The Morgan fingerprint density at radius 2 is 1.22 bits per heavy atom. The monoisotopic (exact) mass is 510 g/mol. The summed E-state index contributed by atoms with van der Waals surface area (Å²) in [5, 5.41) is 0.202. The summed E-state index contributed by atoms with van der Waals surface area (Å²) < 4.78 is 13.7. The second-order valence-corrected chi connectivity index (χ2v) is 12.4. The van der Waals surface area contributed by atoms with Crippen LogP contribution in [-0.4, -0.2) is 0 Å². The summed E-state index contributed by atoms with van der Waals surface area (Å²) in [5.74, 6) is 3.45. The van der Waals surface area contributed by atoms with E-state index in [9.17, 15) is 4.39 Å². The molecule has 0 atom stereocenters. The van der Waals surface area contributed by atoms with Gasteiger partial charge in [0.1, 0.15) is 5.82 Å². The van der Waals surface area contributed by atoms with Crippen molar-refractivity contribution in [3.05, 3.63) is 70.0 Å². The predicted octanol–water partition coefficient (Wildman–Crippen LogP) is 11.1. The quantitative estimate of drug-likeness (QED) is 0.249. The molecule has 2 fully saturated rings. The zero-order chi connectivity index (χ0) is 25.2. The molecular formula is C34H48ClF. The molecular weight excluding hydrogens is 463 g/mol. The molecule has 198 valence electrons. The van der Waals surface area contributed by atoms with Gasteiger partial charge in [0.25, 0.3) is 0 Å². The van der Waals surface area contributed by atoms with Crippen molar-refractivity contribution in [2.75, 3.05) is 0 Å². The molecule has 2 saturated carbocycles. The molecule has 0 radical (unpaired) electrons. The first kappa shape index (κ1) is 27.7. The summed E-state index contributed by atoms with van der Waals surface area (Å²) in [5.41, 5.74) is 3.86. The minimum absolute atomic E-state index is 0.202. The lowest BCUT2D eigenvalue weighted by Gasteiger charge is -2.32. The average Bonchev–Trinajstić information content (AvgIpc) is 2.92. The van der Waals surface area contributed by atoms with Crippen LogP contribution in [0.15, 0.2) is 42.5 Å². The molecule has 2 aliphatic carbocycles. The molecule has 0 amide bonds. The third-order valence-corrected chi connectivity index (χ3v) is 9.71. The summed E-state index contributed by atoms with van der Waals surface area (Å²) in [7, 11) is 0. The maximum absolute atomic E-state index is 13.7. The molecule has 2 heteroatoms. The van der Waals surface area contributed by atoms with Crippen LogP contribution in [0.2, 0.25) is 5.02 Å². The fourth-order valence-electron chi connectivity index (χ4n) is 6.86. The van der Waals surface area contributed by atoms with E-state index in [4.69, 9.17) is 11.6 Å². The van der Waals surface area contributed by atoms with Gasteiger partial charge in [0.05, 0.1) is 5.02 Å². The molecule has 0 N–H and O–H groups in total. The van der Waals surface area contributed by atoms with Crippen molar-refractivity contribution in [3.63, 3.8) is 0 Å². The van der Waals surface area contributed by atoms with Gasteiger partial charge in [0.2, 0.25) is 0 Å². The van der Waals surface area contributed by atoms with Gasteiger partial charge in [-0.05, 0) is 91.0 Å². The zero-order valence-corrected chi connectivity index (χ0v) is 23.4. The number of halogens is 2. The summed E-state index contributed by atoms with van der Waals surface area (Å²) in [6.45, 7) is 2.31. The van der Waals surface area contributed by atoms with Crippen molar-refractivity contribution < 1.29 is 4.39 Å². The molecule has 0 aromatic heterocycles. The Morgan fingerprint density at radius 3 is 1.83 bits per heavy atom. The molecule has 4 rings (SSSR count). The summed E-state index contributed by atoms with van der Waals surface area (Å²) >= 11 is 5.80. The lowest BCUT2D eigenvalue weighted by atomic mass is 9.74. The molecule has 0 aliphatic heterocycles. The molecule has 0 saturated heterocycles. The molecule has 2 aliphatic rings. The van der Waals surface area contributed by atoms with Crippen LogP contribution in [0.3, 0.4) is 0 Å². The lowest BCUT2D eigenvalue weighted by molar-refractivity contribution is 0.222. The number of hydrogen-bond acceptors (Lipinski definition) is 0. The molecule has 36 heavy (non-hydrogen) atoms. The third-order valence-electron chi connectivity index (χ3n) is 9.40. The summed E-state index contributed by atoms with van der Waals surface area (Å²) in [6.07, 6.45) is 23.6. The topological polar surface area (TPSA) is 0 Å². The third kappa shape index (κ3) is 8.61. The van der Waals surface area contributed by atoms with Gasteiger partial charge in [0, 0.05) is 0 Å². The normalized spacial score (nSPS) is 24.6. The fraction of sp³-hybridized carbons (Fsp3) is 0.647. The van der Waals surface area contributed by atoms with Crippen LogP contribution in [-0.2, 0) is 12.8 Å². The molecule has 0 unspecified atom stereocenters. The lowest BCUT2D eigenvalue weighted by Crippen LogP contribution is -2.18. The van der Waals surface area contributed by atoms with Gasteiger partial charge in [-0.15, -0.1) is 0 Å². The molecule has 2 aromatic rings. The van der Waals surface area contributed by atoms with Crippen molar-refractivity contribution in [2.45, 2.75) is 122 Å². The van der Waals surface area contributed by atoms with E-state index >= 15 is 0 Å². The van der Waals surface area contributed by atoms with Crippen molar-refractivity contribution in [1.82, 2.24) is 0 Å². The van der Waals surface area contributed by atoms with Crippen LogP contribution >= 0.6 is 11.6 Å². The van der Waals surface area contributed by atoms with Crippen molar-refractivity contribution in [3.8, 4) is 0 Å². The van der Waals surface area contributed by atoms with Crippen LogP contribution in [0.4, 0.5) is 4.39 Å². The molecule has 0 bridgehead atoms. The standard InChI is InChI=1S/C34H48ClF/c1-2-3-4-5-6-26-7-9-27(10-8-26)11-12-28-15-20-31(21-16-28)32-22-17-29(18-23-32)13-14-30-19-24-33(35)34(36)25-30/h17-19,22-28,31H,2-16,20-21H2,1H3. The van der Waals surface area contributed by atoms with Gasteiger partial charge in [-0.25, -0.2) is 4.39 Å². The summed E-state index contributed by atoms with van der Waals surface area (Å²) in [4.78, 5) is 0. The fourth-order valence-corrected chi connectivity index (χ4v) is 6.98. The summed E-state index contributed by atoms with van der Waals surface area (Å²) in [6, 6.07) is 14.4. The van der Waals surface area contributed by atoms with Gasteiger partial charge >= 0.3 is 0 Å². The van der Waals surface area contributed by atoms with E-state index in [1.807, 2.05) is 6.07 Å². The number of aryl methyl sites for hydroxylation is 2. The van der Waals surface area contributed by atoms with E-state index in [1.165, 1.54) is 107 Å². The van der Waals surface area contributed by atoms with Crippen molar-refractivity contribution in [2.24, 2.45) is 17.8 Å². The zero-order valence-electron chi connectivity index (χ0n) is 22.6. The van der Waals surface area contributed by atoms with E-state index in [-0.39, 0.29) is 10.8 Å². The SMILES string of the molecule is CCCCCCC1CCC(CCC2CCC(c3ccc(CCc4ccc(Cl)c(F)c4)cc3)CC2)CC1. The highest BCUT2D eigenvalue weighted by Crippen LogP contribution is 2.40. The first-order valence-corrected chi connectivity index (χ1v) is 15.5. The highest BCUT2D eigenvalue weighted by Gasteiger charge is 2.25. The Bertz CT molecular complexity index is 888. The largest absolute Gasteiger partial charge is 0.205 e. The van der Waals surface area contributed by atoms with Gasteiger partial charge in [-0.2, -0.15) is 0 Å². The highest BCUT2D eigenvalue weighted by atomic mass is 35.5. The van der Waals surface area contributed by atoms with Crippen LogP contribution in [0.25, 0.3) is 0 Å². The molecule has 0 heterocycles. The van der Waals surface area contributed by atoms with Crippen LogP contribution in [0, 0.1) is 23.6 Å². The number of hydrogen-bond donors (Lipinski definition) is 0. The van der Waals surface area contributed by atoms with E-state index in [1.54, 1.807) is 12.1 Å². The van der Waals surface area contributed by atoms with E-state index < -0.39 is 0 Å². The maximum atomic E-state index is 13.7. The van der Waals surface area contributed by atoms with Crippen LogP contribution < -0.4 is 0 Å². The van der Waals surface area contributed by atoms with Gasteiger partial charge < -0.3 is 0 Å². The molecule has 0 spiro atoms. The van der Waals surface area contributed by atoms with E-state index in [0.29, 0.717) is 0 Å². The Kier molecular flexibility index (Phi) is 11.2. The number of unbranched alkanes of at least 4 members (excludes halogenated alkanes) is 3. The average molecular weight is 511 g/mol. The molecule has 2 aromatic carbocycles. The minimum atomic E-state index is -0.319. The minimum Gasteiger partial charge on any atom is -0.205 e. The number of benzene rings is 2. The van der Waals surface area contributed by atoms with Gasteiger partial charge in [0.15, 0.2) is 0 Å². The Balaban J connectivity index is 1.11. The van der Waals surface area contributed by atoms with Crippen molar-refractivity contribution in [1.29, 1.82) is 0 Å². The second kappa shape index (κ2) is 14.6. The van der Waals surface area contributed by atoms with Gasteiger partial charge in [-0.3, -0.25) is 0 Å². The first-order valence-electron chi connectivity index (χ1n) is 15.1. The van der Waals surface area contributed by atoms with Gasteiger partial charge in [-0.1, -0.05) is 119 Å². The highest BCUT2D eigenvalue weighted by molar-refractivity contribution is 6.30. The predicted molar refractivity (Wildman–Crippen MR) is 153 cm³/mol. The van der Waals surface area contributed by atoms with Crippen LogP contribution in [0.5, 0.6) is 0 Å². The number of rotatable bonds is 12. The van der Waals surface area contributed by atoms with E-state index in [0.717, 1.165) is 42.1 Å². The Labute approximate surface area is 225 Å². The Hall–Kier alpha value is -1.34. The van der Waals surface area contributed by atoms with E-state index in [2.05, 4.69) is 31.2 Å². The van der Waals surface area contributed by atoms with Crippen molar-refractivity contribution >= 4 is 11.6 Å². The molecule has 0 nitrogen and oxygen atoms in total. The smallest absolute Gasteiger partial charge is 0.142 e. The second-order valence-electron chi connectivity index (χ2n) is 12.0. The first-order chi connectivity index (χ1) is 17.6. The Morgan fingerprint density at radius 1 is 0.667 bits per heavy atom. The van der Waals surface area contributed by atoms with Crippen LogP contribution in [0.1, 0.15) is 126 Å².